The first-order valence-electron chi connectivity index (χ1n) is 17.4. The SMILES string of the molecule is C1=CC(n2c3ccccc3c3ccc(N4c5ccccc5Oc5c4ccc4c5N(c5ccccc5)c5cccc6cccc-4c56)cc32)=CCC1. The van der Waals surface area contributed by atoms with Crippen molar-refractivity contribution in [3.63, 3.8) is 0 Å². The van der Waals surface area contributed by atoms with E-state index >= 15 is 0 Å². The van der Waals surface area contributed by atoms with Crippen molar-refractivity contribution >= 4 is 72.4 Å². The molecule has 7 aromatic carbocycles. The lowest BCUT2D eigenvalue weighted by Gasteiger charge is -2.39. The highest BCUT2D eigenvalue weighted by molar-refractivity contribution is 6.16. The Balaban J connectivity index is 1.20. The average Bonchev–Trinajstić information content (AvgIpc) is 3.51. The number of nitrogens with zero attached hydrogens (tertiary/aromatic N) is 3. The van der Waals surface area contributed by atoms with Gasteiger partial charge < -0.3 is 19.1 Å². The standard InChI is InChI=1S/C46H31N3O/c1-3-15-31(16-4-1)47-38-21-8-7-19-34(38)35-26-25-33(29-42(35)47)48-39-22-9-10-24-43(39)50-46-41(48)28-27-37-36-20-11-13-30-14-12-23-40(44(30)36)49(45(37)46)32-17-5-2-6-18-32/h2-3,5-29H,1,4H2. The van der Waals surface area contributed by atoms with E-state index in [1.807, 2.05) is 0 Å². The van der Waals surface area contributed by atoms with Crippen molar-refractivity contribution in [2.24, 2.45) is 0 Å². The van der Waals surface area contributed by atoms with Gasteiger partial charge in [0.05, 0.1) is 33.8 Å². The molecule has 0 radical (unpaired) electrons. The lowest BCUT2D eigenvalue weighted by Crippen LogP contribution is -2.21. The molecule has 0 N–H and O–H groups in total. The molecular formula is C46H31N3O. The molecule has 0 saturated heterocycles. The first kappa shape index (κ1) is 27.4. The van der Waals surface area contributed by atoms with E-state index in [9.17, 15) is 0 Å². The molecule has 0 spiro atoms. The molecule has 1 aliphatic carbocycles. The zero-order chi connectivity index (χ0) is 32.8. The van der Waals surface area contributed by atoms with Crippen molar-refractivity contribution in [2.45, 2.75) is 12.8 Å². The number of allylic oxidation sites excluding steroid dienone is 4. The second-order valence-electron chi connectivity index (χ2n) is 13.2. The predicted octanol–water partition coefficient (Wildman–Crippen LogP) is 13.2. The van der Waals surface area contributed by atoms with Gasteiger partial charge >= 0.3 is 0 Å². The van der Waals surface area contributed by atoms with Crippen molar-refractivity contribution < 1.29 is 4.74 Å². The Morgan fingerprint density at radius 2 is 1.32 bits per heavy atom. The van der Waals surface area contributed by atoms with Gasteiger partial charge in [-0.05, 0) is 90.5 Å². The summed E-state index contributed by atoms with van der Waals surface area (Å²) >= 11 is 0. The highest BCUT2D eigenvalue weighted by Crippen LogP contribution is 2.61. The monoisotopic (exact) mass is 641 g/mol. The van der Waals surface area contributed by atoms with Crippen LogP contribution in [0.4, 0.5) is 34.1 Å². The van der Waals surface area contributed by atoms with Crippen LogP contribution in [0, 0.1) is 0 Å². The number of ether oxygens (including phenoxy) is 1. The van der Waals surface area contributed by atoms with Crippen molar-refractivity contribution in [1.82, 2.24) is 4.57 Å². The molecule has 0 amide bonds. The van der Waals surface area contributed by atoms with Crippen LogP contribution in [0.5, 0.6) is 11.5 Å². The highest BCUT2D eigenvalue weighted by Gasteiger charge is 2.35. The number of hydrogen-bond acceptors (Lipinski definition) is 3. The fraction of sp³-hybridized carbons (Fsp3) is 0.0435. The van der Waals surface area contributed by atoms with Crippen LogP contribution >= 0.6 is 0 Å². The van der Waals surface area contributed by atoms with E-state index in [0.717, 1.165) is 64.0 Å². The number of aromatic nitrogens is 1. The molecule has 3 aliphatic rings. The molecule has 0 atom stereocenters. The number of benzene rings is 7. The molecule has 0 saturated carbocycles. The number of fused-ring (bicyclic) bond motifs is 8. The largest absolute Gasteiger partial charge is 0.451 e. The van der Waals surface area contributed by atoms with Gasteiger partial charge in [0.15, 0.2) is 11.5 Å². The third-order valence-corrected chi connectivity index (χ3v) is 10.5. The van der Waals surface area contributed by atoms with Gasteiger partial charge in [-0.15, -0.1) is 0 Å². The Bertz CT molecular complexity index is 2750. The number of rotatable bonds is 3. The quantitative estimate of drug-likeness (QED) is 0.191. The number of para-hydroxylation sites is 4. The van der Waals surface area contributed by atoms with Crippen LogP contribution in [-0.4, -0.2) is 4.57 Å². The van der Waals surface area contributed by atoms with Crippen LogP contribution in [0.25, 0.3) is 49.4 Å². The smallest absolute Gasteiger partial charge is 0.176 e. The first-order chi connectivity index (χ1) is 24.8. The Labute approximate surface area is 290 Å². The Morgan fingerprint density at radius 1 is 0.520 bits per heavy atom. The van der Waals surface area contributed by atoms with Crippen molar-refractivity contribution in [3.05, 3.63) is 164 Å². The summed E-state index contributed by atoms with van der Waals surface area (Å²) in [6.07, 6.45) is 9.04. The summed E-state index contributed by atoms with van der Waals surface area (Å²) in [6.45, 7) is 0. The summed E-state index contributed by atoms with van der Waals surface area (Å²) in [6, 6.07) is 52.5. The average molecular weight is 642 g/mol. The zero-order valence-corrected chi connectivity index (χ0v) is 27.3. The van der Waals surface area contributed by atoms with Crippen LogP contribution in [-0.2, 0) is 0 Å². The van der Waals surface area contributed by atoms with Crippen LogP contribution in [0.15, 0.2) is 164 Å². The third kappa shape index (κ3) is 3.81. The first-order valence-corrected chi connectivity index (χ1v) is 17.4. The second-order valence-corrected chi connectivity index (χ2v) is 13.2. The third-order valence-electron chi connectivity index (χ3n) is 10.5. The minimum Gasteiger partial charge on any atom is -0.451 e. The van der Waals surface area contributed by atoms with E-state index in [1.165, 1.54) is 43.8 Å². The fourth-order valence-corrected chi connectivity index (χ4v) is 8.36. The normalized spacial score (nSPS) is 14.4. The summed E-state index contributed by atoms with van der Waals surface area (Å²) in [5, 5.41) is 4.99. The summed E-state index contributed by atoms with van der Waals surface area (Å²) in [5.74, 6) is 1.67. The van der Waals surface area contributed by atoms with Gasteiger partial charge in [-0.2, -0.15) is 0 Å². The molecule has 11 rings (SSSR count). The molecule has 50 heavy (non-hydrogen) atoms. The van der Waals surface area contributed by atoms with E-state index in [4.69, 9.17) is 4.74 Å². The van der Waals surface area contributed by atoms with Crippen molar-refractivity contribution in [1.29, 1.82) is 0 Å². The molecular weight excluding hydrogens is 611 g/mol. The highest BCUT2D eigenvalue weighted by atomic mass is 16.5. The molecule has 2 aliphatic heterocycles. The van der Waals surface area contributed by atoms with Gasteiger partial charge in [-0.25, -0.2) is 0 Å². The zero-order valence-electron chi connectivity index (χ0n) is 27.3. The Hall–Kier alpha value is -6.52. The lowest BCUT2D eigenvalue weighted by atomic mass is 9.89. The maximum absolute atomic E-state index is 7.04. The summed E-state index contributed by atoms with van der Waals surface area (Å²) < 4.78 is 9.47. The van der Waals surface area contributed by atoms with Crippen LogP contribution in [0.2, 0.25) is 0 Å². The van der Waals surface area contributed by atoms with Crippen molar-refractivity contribution in [3.8, 4) is 22.6 Å². The Morgan fingerprint density at radius 3 is 2.22 bits per heavy atom. The Kier molecular flexibility index (Phi) is 5.75. The van der Waals surface area contributed by atoms with Crippen molar-refractivity contribution in [2.75, 3.05) is 9.80 Å². The van der Waals surface area contributed by atoms with Crippen LogP contribution < -0.4 is 14.5 Å². The summed E-state index contributed by atoms with van der Waals surface area (Å²) in [5.41, 5.74) is 12.4. The summed E-state index contributed by atoms with van der Waals surface area (Å²) in [4.78, 5) is 4.77. The molecule has 1 aromatic heterocycles. The maximum Gasteiger partial charge on any atom is 0.176 e. The minimum absolute atomic E-state index is 0.831. The summed E-state index contributed by atoms with van der Waals surface area (Å²) in [7, 11) is 0. The molecule has 0 unspecified atom stereocenters. The van der Waals surface area contributed by atoms with Gasteiger partial charge in [0.2, 0.25) is 0 Å². The van der Waals surface area contributed by atoms with Gasteiger partial charge in [0, 0.05) is 38.8 Å². The van der Waals surface area contributed by atoms with Gasteiger partial charge in [-0.3, -0.25) is 0 Å². The minimum atomic E-state index is 0.831. The van der Waals surface area contributed by atoms with Gasteiger partial charge in [0.25, 0.3) is 0 Å². The van der Waals surface area contributed by atoms with E-state index in [0.29, 0.717) is 0 Å². The van der Waals surface area contributed by atoms with E-state index in [2.05, 4.69) is 178 Å². The molecule has 236 valence electrons. The molecule has 4 nitrogen and oxygen atoms in total. The second kappa shape index (κ2) is 10.5. The molecule has 8 aromatic rings. The number of hydrogen-bond donors (Lipinski definition) is 0. The van der Waals surface area contributed by atoms with E-state index < -0.39 is 0 Å². The molecule has 0 bridgehead atoms. The maximum atomic E-state index is 7.04. The lowest BCUT2D eigenvalue weighted by molar-refractivity contribution is 0.478. The van der Waals surface area contributed by atoms with E-state index in [-0.39, 0.29) is 0 Å². The van der Waals surface area contributed by atoms with Gasteiger partial charge in [-0.1, -0.05) is 97.1 Å². The van der Waals surface area contributed by atoms with Crippen LogP contribution in [0.1, 0.15) is 12.8 Å². The number of anilines is 6. The molecule has 4 heteroatoms. The predicted molar refractivity (Wildman–Crippen MR) is 208 cm³/mol. The topological polar surface area (TPSA) is 20.6 Å². The van der Waals surface area contributed by atoms with Gasteiger partial charge in [0.1, 0.15) is 0 Å². The van der Waals surface area contributed by atoms with E-state index in [1.54, 1.807) is 0 Å². The van der Waals surface area contributed by atoms with Crippen LogP contribution in [0.3, 0.4) is 0 Å². The molecule has 3 heterocycles. The fourth-order valence-electron chi connectivity index (χ4n) is 8.36. The molecule has 0 fully saturated rings.